The molecular weight excluding hydrogens is 1970 g/mol. The summed E-state index contributed by atoms with van der Waals surface area (Å²) in [6.45, 7) is 1.82. The van der Waals surface area contributed by atoms with Crippen molar-refractivity contribution in [2.75, 3.05) is 67.8 Å². The smallest absolute Gasteiger partial charge is 0.305 e. The Morgan fingerprint density at radius 2 is 1.11 bits per heavy atom. The number of carbonyl (C=O) groups is 22. The SMILES string of the molecule is CC[C@H](C)[C@@H]1NC(=O)[C@H](CCC(N)=O)NC(=O)[C@@H]2CCCN2C(=O)[C@H](CC(N)=O)NC(=O)[C@H](CO)NC(=O)C(CCSC)NC(=O)[C@H](CC(N)=O)NC(=O)[C@@H]2CSSC[C@H](NC(=O)[C@@H]3C[C@@H](O)CN3C(=O)[C@H](CC(=O)O)NC(=O)[C@@H](N)CCCNC(=N)N)C(=O)N[C@@H](CSSC[C@@H](C(N)=O)NC1=O)C(=O)N[C@@H](Cc1ccc(O)cc1)C(=O)NC(Cc1cnc[nH]1)C(=O)N1CCC[C@H]1C(=O)N[C@@H]([C@@H](C)O)C(=O)N2. The van der Waals surface area contributed by atoms with Gasteiger partial charge in [-0.05, 0) is 93.9 Å². The van der Waals surface area contributed by atoms with Gasteiger partial charge in [-0.15, -0.1) is 0 Å². The van der Waals surface area contributed by atoms with Gasteiger partial charge in [0, 0.05) is 86.8 Å². The van der Waals surface area contributed by atoms with Crippen LogP contribution >= 0.6 is 54.9 Å². The number of aliphatic carboxylic acids is 1. The van der Waals surface area contributed by atoms with Crippen LogP contribution in [0.5, 0.6) is 5.75 Å². The number of aromatic hydroxyl groups is 1. The second kappa shape index (κ2) is 56.9. The third-order valence-electron chi connectivity index (χ3n) is 23.4. The number of thioether (sulfide) groups is 1. The lowest BCUT2D eigenvalue weighted by Crippen LogP contribution is -2.62. The monoisotopic (exact) mass is 2090 g/mol. The van der Waals surface area contributed by atoms with E-state index in [9.17, 15) is 97.5 Å². The van der Waals surface area contributed by atoms with Gasteiger partial charge < -0.3 is 159 Å². The molecule has 1 aromatic heterocycles. The van der Waals surface area contributed by atoms with Gasteiger partial charge in [-0.1, -0.05) is 75.6 Å². The number of fused-ring (bicyclic) bond motifs is 10. The first-order chi connectivity index (χ1) is 67.2. The van der Waals surface area contributed by atoms with E-state index in [1.807, 2.05) is 0 Å². The topological polar surface area (TPSA) is 876 Å². The van der Waals surface area contributed by atoms with Crippen molar-refractivity contribution in [3.8, 4) is 5.75 Å². The van der Waals surface area contributed by atoms with Crippen molar-refractivity contribution in [1.82, 2.24) is 104 Å². The summed E-state index contributed by atoms with van der Waals surface area (Å²) >= 11 is 1.12. The number of H-pyrrole nitrogens is 1. The maximum Gasteiger partial charge on any atom is 0.305 e. The van der Waals surface area contributed by atoms with E-state index < -0.39 is 350 Å². The molecule has 0 radical (unpaired) electrons. The van der Waals surface area contributed by atoms with Crippen LogP contribution in [0.2, 0.25) is 0 Å². The predicted molar refractivity (Wildman–Crippen MR) is 512 cm³/mol. The number of primary amides is 4. The van der Waals surface area contributed by atoms with Crippen molar-refractivity contribution in [2.24, 2.45) is 40.3 Å². The van der Waals surface area contributed by atoms with Gasteiger partial charge >= 0.3 is 5.97 Å². The zero-order chi connectivity index (χ0) is 105. The largest absolute Gasteiger partial charge is 0.508 e. The number of carboxylic acids is 1. The molecule has 7 rings (SSSR count). The van der Waals surface area contributed by atoms with Crippen molar-refractivity contribution >= 4 is 191 Å². The fourth-order valence-electron chi connectivity index (χ4n) is 15.6. The van der Waals surface area contributed by atoms with Gasteiger partial charge in [-0.25, -0.2) is 4.98 Å². The molecule has 59 heteroatoms. The number of guanidine groups is 1. The molecule has 21 atom stereocenters. The Labute approximate surface area is 833 Å². The number of aliphatic hydroxyl groups is 3. The highest BCUT2D eigenvalue weighted by atomic mass is 33.1. The average molecular weight is 2090 g/mol. The maximum absolute atomic E-state index is 15.8. The minimum Gasteiger partial charge on any atom is -0.508 e. The van der Waals surface area contributed by atoms with Crippen LogP contribution in [-0.4, -0.2) is 375 Å². The van der Waals surface area contributed by atoms with Crippen molar-refractivity contribution in [3.05, 3.63) is 48.0 Å². The molecule has 21 amide bonds. The first-order valence-electron chi connectivity index (χ1n) is 45.3. The van der Waals surface area contributed by atoms with Crippen LogP contribution in [-0.2, 0) is 118 Å². The predicted octanol–water partition coefficient (Wildman–Crippen LogP) is -11.8. The second-order valence-corrected chi connectivity index (χ2v) is 40.4. The number of aromatic nitrogens is 2. The second-order valence-electron chi connectivity index (χ2n) is 34.3. The molecule has 2 aromatic rings. The van der Waals surface area contributed by atoms with E-state index in [0.717, 1.165) is 28.5 Å². The summed E-state index contributed by atoms with van der Waals surface area (Å²) in [5.74, 6) is -31.1. The molecule has 54 nitrogen and oxygen atoms in total. The van der Waals surface area contributed by atoms with Crippen molar-refractivity contribution in [3.63, 3.8) is 0 Å². The number of nitrogens with one attached hydrogen (secondary N) is 17. The number of likely N-dealkylation sites (tertiary alicyclic amines) is 1. The number of phenolic OH excluding ortho intramolecular Hbond substituents is 1. The quantitative estimate of drug-likeness (QED) is 0.0149. The third kappa shape index (κ3) is 35.8. The summed E-state index contributed by atoms with van der Waals surface area (Å²) in [6.07, 6.45) is -5.56. The fraction of sp³-hybridized carbons (Fsp3) is 0.614. The van der Waals surface area contributed by atoms with Crippen LogP contribution < -0.4 is 114 Å². The number of nitrogens with two attached hydrogens (primary N) is 6. The zero-order valence-electron chi connectivity index (χ0n) is 78.0. The van der Waals surface area contributed by atoms with E-state index in [1.54, 1.807) is 13.2 Å². The van der Waals surface area contributed by atoms with Crippen LogP contribution in [0.3, 0.4) is 0 Å². The van der Waals surface area contributed by atoms with Gasteiger partial charge in [-0.2, -0.15) is 11.8 Å². The Bertz CT molecular complexity index is 4880. The number of phenols is 1. The molecule has 0 spiro atoms. The number of benzene rings is 1. The number of carboxylic acid groups (broad SMARTS) is 1. The molecule has 142 heavy (non-hydrogen) atoms. The van der Waals surface area contributed by atoms with Gasteiger partial charge in [0.05, 0.1) is 50.4 Å². The lowest BCUT2D eigenvalue weighted by atomic mass is 9.97. The number of aliphatic hydroxyl groups excluding tert-OH is 3. The van der Waals surface area contributed by atoms with E-state index in [1.165, 1.54) is 43.7 Å². The highest BCUT2D eigenvalue weighted by Gasteiger charge is 2.48. The third-order valence-corrected chi connectivity index (χ3v) is 28.9. The van der Waals surface area contributed by atoms with E-state index in [4.69, 9.17) is 39.8 Å². The van der Waals surface area contributed by atoms with Gasteiger partial charge in [0.2, 0.25) is 124 Å². The summed E-state index contributed by atoms with van der Waals surface area (Å²) in [7, 11) is 2.57. The molecule has 2 unspecified atom stereocenters. The number of rotatable bonds is 30. The van der Waals surface area contributed by atoms with Crippen LogP contribution in [0.1, 0.15) is 122 Å². The molecule has 2 bridgehead atoms. The number of aromatic amines is 1. The molecule has 5 fully saturated rings. The lowest BCUT2D eigenvalue weighted by molar-refractivity contribution is -0.146. The van der Waals surface area contributed by atoms with Gasteiger partial charge in [0.15, 0.2) is 5.96 Å². The summed E-state index contributed by atoms with van der Waals surface area (Å²) in [4.78, 5) is 328. The van der Waals surface area contributed by atoms with Crippen LogP contribution in [0.15, 0.2) is 36.8 Å². The molecule has 0 saturated carbocycles. The number of hydrogen-bond acceptors (Lipinski definition) is 34. The molecule has 784 valence electrons. The molecule has 5 aliphatic heterocycles. The van der Waals surface area contributed by atoms with E-state index in [-0.39, 0.29) is 93.8 Å². The van der Waals surface area contributed by atoms with Crippen molar-refractivity contribution in [2.45, 2.75) is 244 Å². The highest BCUT2D eigenvalue weighted by Crippen LogP contribution is 2.30. The summed E-state index contributed by atoms with van der Waals surface area (Å²) in [5.41, 5.74) is 34.8. The van der Waals surface area contributed by atoms with E-state index in [0.29, 0.717) is 48.1 Å². The standard InChI is InChI=1S/C83H125N27O27S5/c1-5-37(2)63-78(133)102-52(65(88)120)32-139-140-33-53-72(127)96-46(23-39-12-14-41(113)15-13-39)69(124)99-48(24-40-29-91-36-93-40)80(135)109-21-8-11-57(109)76(131)107-64(38(3)112)79(134)105-55(35-142-141-34-54(74(129)103-53)104-77(132)58-25-42(114)30-110(58)82(137)50(28-62(118)119)98-66(121)43(84)9-6-19-92-83(89)90)73(128)97-47(26-60(86)116)70(125)94-45(18-22-138-4)67(122)101-51(31-111)71(126)100-49(27-61(87)117)81(136)108-20-7-10-56(108)75(130)95-44(68(123)106-63)16-17-59(85)115/h12-15,29,36-38,42-58,63-64,111-114H,5-11,16-28,30-35,84H2,1-4H3,(H2,85,115)(H2,86,116)(H2,87,117)(H2,88,120)(H,91,93)(H,94,125)(H,95,130)(H,96,127)(H,97,128)(H,98,121)(H,99,124)(H,100,126)(H,101,122)(H,102,133)(H,103,129)(H,104,132)(H,105,134)(H,106,123)(H,107,131)(H,118,119)(H4,89,90,92)/t37-,38+,42+,43-,44-,45?,46-,47-,48?,49-,50-,51-,52-,53-,54-,55-,56-,57-,58-,63-,64-/m0/s1. The van der Waals surface area contributed by atoms with E-state index in [2.05, 4.69) is 89.7 Å². The van der Waals surface area contributed by atoms with Crippen LogP contribution in [0.4, 0.5) is 0 Å². The number of amides is 21. The van der Waals surface area contributed by atoms with E-state index >= 15 is 33.6 Å². The number of imidazole rings is 1. The normalized spacial score (nSPS) is 26.8. The molecular formula is C83H125N27O27S5. The average Bonchev–Trinajstić information content (AvgIpc) is 1.61. The molecule has 0 aliphatic carbocycles. The number of nitrogens with zero attached hydrogens (tertiary/aromatic N) is 4. The van der Waals surface area contributed by atoms with Crippen LogP contribution in [0, 0.1) is 11.3 Å². The molecule has 5 aliphatic rings. The molecule has 1 aromatic carbocycles. The van der Waals surface area contributed by atoms with Gasteiger partial charge in [0.25, 0.3) is 0 Å². The summed E-state index contributed by atoms with van der Waals surface area (Å²) < 4.78 is 0. The first kappa shape index (κ1) is 116. The molecule has 6 heterocycles. The van der Waals surface area contributed by atoms with Crippen molar-refractivity contribution < 1.29 is 131 Å². The molecule has 5 saturated heterocycles. The van der Waals surface area contributed by atoms with Gasteiger partial charge in [-0.3, -0.25) is 111 Å². The van der Waals surface area contributed by atoms with Crippen LogP contribution in [0.25, 0.3) is 0 Å². The Hall–Kier alpha value is -12.6. The Balaban J connectivity index is 1.43. The molecule has 34 N–H and O–H groups in total. The van der Waals surface area contributed by atoms with Crippen molar-refractivity contribution in [1.29, 1.82) is 5.41 Å². The Kier molecular flexibility index (Phi) is 46.6. The number of carbonyl (C=O) groups excluding carboxylic acids is 21. The maximum atomic E-state index is 15.8. The fourth-order valence-corrected chi connectivity index (χ4v) is 20.7. The number of β-amino-alcohol motifs (C(OH)–C–C–N with tert-alkyl or cyclic N) is 1. The first-order valence-corrected chi connectivity index (χ1v) is 51.7. The Morgan fingerprint density at radius 3 is 1.68 bits per heavy atom. The summed E-state index contributed by atoms with van der Waals surface area (Å²) in [5, 5.41) is 98.2. The minimum atomic E-state index is -2.15. The Morgan fingerprint density at radius 1 is 0.599 bits per heavy atom. The zero-order valence-corrected chi connectivity index (χ0v) is 82.1. The lowest BCUT2D eigenvalue weighted by Gasteiger charge is -2.31. The summed E-state index contributed by atoms with van der Waals surface area (Å²) in [6, 6.07) is -27.9. The van der Waals surface area contributed by atoms with Gasteiger partial charge in [0.1, 0.15) is 108 Å². The highest BCUT2D eigenvalue weighted by molar-refractivity contribution is 8.77. The number of hydrogen-bond donors (Lipinski definition) is 28. The minimum absolute atomic E-state index is 0.0124.